The molecule has 100 valence electrons. The van der Waals surface area contributed by atoms with Gasteiger partial charge in [0.15, 0.2) is 0 Å². The Hall–Kier alpha value is -0.750. The third kappa shape index (κ3) is 3.88. The zero-order valence-electron chi connectivity index (χ0n) is 10.4. The number of anilines is 1. The Morgan fingerprint density at radius 2 is 2.06 bits per heavy atom. The maximum absolute atomic E-state index is 13.2. The van der Waals surface area contributed by atoms with Gasteiger partial charge >= 0.3 is 0 Å². The molecule has 0 heterocycles. The minimum absolute atomic E-state index is 0.0600. The summed E-state index contributed by atoms with van der Waals surface area (Å²) in [4.78, 5) is 14.3. The SMILES string of the molecule is CCN(CC)C(=O)CSc1cc(Br)c(F)cc1N. The first-order valence-electron chi connectivity index (χ1n) is 5.64. The summed E-state index contributed by atoms with van der Waals surface area (Å²) in [5.74, 6) is -0.0269. The van der Waals surface area contributed by atoms with Gasteiger partial charge in [0.1, 0.15) is 5.82 Å². The van der Waals surface area contributed by atoms with Crippen molar-refractivity contribution in [2.24, 2.45) is 0 Å². The Kier molecular flexibility index (Phi) is 5.95. The number of thioether (sulfide) groups is 1. The molecule has 3 nitrogen and oxygen atoms in total. The van der Waals surface area contributed by atoms with Crippen LogP contribution in [0.2, 0.25) is 0 Å². The lowest BCUT2D eigenvalue weighted by atomic mass is 10.3. The Bertz CT molecular complexity index is 438. The van der Waals surface area contributed by atoms with Crippen LogP contribution in [0, 0.1) is 5.82 Å². The molecule has 0 bridgehead atoms. The Morgan fingerprint density at radius 1 is 1.44 bits per heavy atom. The molecule has 0 saturated heterocycles. The average molecular weight is 335 g/mol. The van der Waals surface area contributed by atoms with Gasteiger partial charge in [0.2, 0.25) is 5.91 Å². The molecule has 0 atom stereocenters. The number of rotatable bonds is 5. The summed E-state index contributed by atoms with van der Waals surface area (Å²) in [6.45, 7) is 5.26. The number of benzene rings is 1. The molecule has 0 unspecified atom stereocenters. The van der Waals surface area contributed by atoms with Crippen LogP contribution in [-0.2, 0) is 4.79 Å². The molecule has 0 aliphatic carbocycles. The zero-order valence-corrected chi connectivity index (χ0v) is 12.8. The number of carbonyl (C=O) groups is 1. The van der Waals surface area contributed by atoms with Gasteiger partial charge in [0.05, 0.1) is 10.2 Å². The summed E-state index contributed by atoms with van der Waals surface area (Å²) < 4.78 is 13.5. The van der Waals surface area contributed by atoms with Crippen LogP contribution in [0.1, 0.15) is 13.8 Å². The molecule has 1 amide bonds. The van der Waals surface area contributed by atoms with Crippen LogP contribution in [0.4, 0.5) is 10.1 Å². The van der Waals surface area contributed by atoms with Crippen molar-refractivity contribution in [2.75, 3.05) is 24.6 Å². The molecule has 0 saturated carbocycles. The molecule has 0 radical (unpaired) electrons. The summed E-state index contributed by atoms with van der Waals surface area (Å²) in [5, 5.41) is 0. The first-order chi connectivity index (χ1) is 8.49. The number of carbonyl (C=O) groups excluding carboxylic acids is 1. The summed E-state index contributed by atoms with van der Waals surface area (Å²) in [7, 11) is 0. The second-order valence-corrected chi connectivity index (χ2v) is 5.53. The van der Waals surface area contributed by atoms with Crippen LogP contribution >= 0.6 is 27.7 Å². The van der Waals surface area contributed by atoms with Crippen molar-refractivity contribution in [1.82, 2.24) is 4.90 Å². The van der Waals surface area contributed by atoms with Gasteiger partial charge in [-0.3, -0.25) is 4.79 Å². The van der Waals surface area contributed by atoms with Crippen molar-refractivity contribution < 1.29 is 9.18 Å². The minimum Gasteiger partial charge on any atom is -0.398 e. The van der Waals surface area contributed by atoms with Crippen molar-refractivity contribution >= 4 is 39.3 Å². The van der Waals surface area contributed by atoms with Crippen molar-refractivity contribution in [3.05, 3.63) is 22.4 Å². The fourth-order valence-corrected chi connectivity index (χ4v) is 2.86. The van der Waals surface area contributed by atoms with Gasteiger partial charge in [-0.25, -0.2) is 4.39 Å². The standard InChI is InChI=1S/C12H16BrFN2OS/c1-3-16(4-2)12(17)7-18-11-5-8(13)9(14)6-10(11)15/h5-6H,3-4,7,15H2,1-2H3. The molecule has 2 N–H and O–H groups in total. The number of nitrogens with zero attached hydrogens (tertiary/aromatic N) is 1. The van der Waals surface area contributed by atoms with Crippen LogP contribution < -0.4 is 5.73 Å². The lowest BCUT2D eigenvalue weighted by Gasteiger charge is -2.18. The minimum atomic E-state index is -0.396. The van der Waals surface area contributed by atoms with E-state index >= 15 is 0 Å². The van der Waals surface area contributed by atoms with E-state index in [1.54, 1.807) is 11.0 Å². The highest BCUT2D eigenvalue weighted by atomic mass is 79.9. The van der Waals surface area contributed by atoms with Crippen molar-refractivity contribution in [3.63, 3.8) is 0 Å². The van der Waals surface area contributed by atoms with Gasteiger partial charge in [0, 0.05) is 23.7 Å². The fraction of sp³-hybridized carbons (Fsp3) is 0.417. The normalized spacial score (nSPS) is 10.4. The maximum Gasteiger partial charge on any atom is 0.232 e. The van der Waals surface area contributed by atoms with Gasteiger partial charge in [-0.05, 0) is 41.9 Å². The topological polar surface area (TPSA) is 46.3 Å². The first-order valence-corrected chi connectivity index (χ1v) is 7.42. The molecule has 1 aromatic rings. The van der Waals surface area contributed by atoms with E-state index in [0.717, 1.165) is 0 Å². The van der Waals surface area contributed by atoms with Gasteiger partial charge in [0.25, 0.3) is 0 Å². The van der Waals surface area contributed by atoms with Gasteiger partial charge < -0.3 is 10.6 Å². The number of nitrogen functional groups attached to an aromatic ring is 1. The van der Waals surface area contributed by atoms with E-state index in [1.807, 2.05) is 13.8 Å². The molecule has 0 fully saturated rings. The molecular weight excluding hydrogens is 319 g/mol. The number of amides is 1. The Labute approximate surface area is 119 Å². The third-order valence-electron chi connectivity index (χ3n) is 2.52. The van der Waals surface area contributed by atoms with Gasteiger partial charge in [-0.15, -0.1) is 11.8 Å². The summed E-state index contributed by atoms with van der Waals surface area (Å²) in [6, 6.07) is 2.86. The molecule has 1 rings (SSSR count). The highest BCUT2D eigenvalue weighted by molar-refractivity contribution is 9.10. The molecule has 1 aromatic carbocycles. The van der Waals surface area contributed by atoms with Crippen molar-refractivity contribution in [1.29, 1.82) is 0 Å². The van der Waals surface area contributed by atoms with E-state index in [9.17, 15) is 9.18 Å². The summed E-state index contributed by atoms with van der Waals surface area (Å²) >= 11 is 4.43. The van der Waals surface area contributed by atoms with Gasteiger partial charge in [-0.2, -0.15) is 0 Å². The van der Waals surface area contributed by atoms with Crippen molar-refractivity contribution in [2.45, 2.75) is 18.7 Å². The van der Waals surface area contributed by atoms with Gasteiger partial charge in [-0.1, -0.05) is 0 Å². The first kappa shape index (κ1) is 15.3. The Morgan fingerprint density at radius 3 is 2.61 bits per heavy atom. The lowest BCUT2D eigenvalue weighted by molar-refractivity contribution is -0.127. The second kappa shape index (κ2) is 6.99. The number of halogens is 2. The molecule has 18 heavy (non-hydrogen) atoms. The van der Waals surface area contributed by atoms with E-state index < -0.39 is 5.82 Å². The predicted octanol–water partition coefficient (Wildman–Crippen LogP) is 3.13. The van der Waals surface area contributed by atoms with E-state index in [0.29, 0.717) is 33.9 Å². The quantitative estimate of drug-likeness (QED) is 0.664. The van der Waals surface area contributed by atoms with Crippen LogP contribution in [0.15, 0.2) is 21.5 Å². The van der Waals surface area contributed by atoms with Crippen LogP contribution in [0.3, 0.4) is 0 Å². The highest BCUT2D eigenvalue weighted by Gasteiger charge is 2.12. The molecule has 0 aromatic heterocycles. The average Bonchev–Trinajstić information content (AvgIpc) is 2.33. The fourth-order valence-electron chi connectivity index (χ4n) is 1.48. The molecular formula is C12H16BrFN2OS. The van der Waals surface area contributed by atoms with Crippen LogP contribution in [-0.4, -0.2) is 29.6 Å². The molecule has 0 aliphatic rings. The van der Waals surface area contributed by atoms with E-state index in [1.165, 1.54) is 17.8 Å². The number of hydrogen-bond acceptors (Lipinski definition) is 3. The van der Waals surface area contributed by atoms with E-state index in [-0.39, 0.29) is 5.91 Å². The number of nitrogens with two attached hydrogens (primary N) is 1. The maximum atomic E-state index is 13.2. The zero-order chi connectivity index (χ0) is 13.7. The highest BCUT2D eigenvalue weighted by Crippen LogP contribution is 2.30. The summed E-state index contributed by atoms with van der Waals surface area (Å²) in [6.07, 6.45) is 0. The van der Waals surface area contributed by atoms with Crippen molar-refractivity contribution in [3.8, 4) is 0 Å². The Balaban J connectivity index is 2.69. The second-order valence-electron chi connectivity index (χ2n) is 3.66. The lowest BCUT2D eigenvalue weighted by Crippen LogP contribution is -2.31. The monoisotopic (exact) mass is 334 g/mol. The predicted molar refractivity (Wildman–Crippen MR) is 77.2 cm³/mol. The van der Waals surface area contributed by atoms with Crippen LogP contribution in [0.5, 0.6) is 0 Å². The number of hydrogen-bond donors (Lipinski definition) is 1. The smallest absolute Gasteiger partial charge is 0.232 e. The van der Waals surface area contributed by atoms with Crippen LogP contribution in [0.25, 0.3) is 0 Å². The van der Waals surface area contributed by atoms with E-state index in [2.05, 4.69) is 15.9 Å². The molecule has 6 heteroatoms. The summed E-state index contributed by atoms with van der Waals surface area (Å²) in [5.41, 5.74) is 6.07. The molecule has 0 spiro atoms. The van der Waals surface area contributed by atoms with E-state index in [4.69, 9.17) is 5.73 Å². The third-order valence-corrected chi connectivity index (χ3v) is 4.18. The molecule has 0 aliphatic heterocycles. The largest absolute Gasteiger partial charge is 0.398 e.